The Morgan fingerprint density at radius 3 is 2.56 bits per heavy atom. The minimum atomic E-state index is -0.512. The number of fused-ring (bicyclic) bond motifs is 1. The van der Waals surface area contributed by atoms with Crippen molar-refractivity contribution in [3.8, 4) is 0 Å². The summed E-state index contributed by atoms with van der Waals surface area (Å²) in [7, 11) is 0. The maximum atomic E-state index is 12.6. The minimum absolute atomic E-state index is 0.00293. The first-order valence-electron chi connectivity index (χ1n) is 10.8. The van der Waals surface area contributed by atoms with Crippen molar-refractivity contribution in [1.82, 2.24) is 14.5 Å². The Balaban J connectivity index is 1.61. The second-order valence-electron chi connectivity index (χ2n) is 9.20. The second kappa shape index (κ2) is 8.83. The number of aromatic nitrogens is 2. The molecule has 1 atom stereocenters. The third-order valence-electron chi connectivity index (χ3n) is 5.50. The molecule has 1 amide bonds. The largest absolute Gasteiger partial charge is 0.444 e. The lowest BCUT2D eigenvalue weighted by Crippen LogP contribution is -2.55. The molecule has 32 heavy (non-hydrogen) atoms. The van der Waals surface area contributed by atoms with Crippen LogP contribution in [0, 0.1) is 0 Å². The van der Waals surface area contributed by atoms with Gasteiger partial charge in [0, 0.05) is 25.7 Å². The van der Waals surface area contributed by atoms with Crippen molar-refractivity contribution >= 4 is 46.3 Å². The molecule has 4 rings (SSSR count). The van der Waals surface area contributed by atoms with E-state index in [1.807, 2.05) is 64.1 Å². The summed E-state index contributed by atoms with van der Waals surface area (Å²) in [5, 5.41) is 1.08. The van der Waals surface area contributed by atoms with Crippen molar-refractivity contribution < 1.29 is 9.53 Å². The smallest absolute Gasteiger partial charge is 0.410 e. The van der Waals surface area contributed by atoms with E-state index in [1.54, 1.807) is 4.90 Å². The summed E-state index contributed by atoms with van der Waals surface area (Å²) in [5.74, 6) is 0.882. The van der Waals surface area contributed by atoms with E-state index < -0.39 is 5.60 Å². The van der Waals surface area contributed by atoms with Crippen LogP contribution in [0.15, 0.2) is 42.5 Å². The number of hydrogen-bond acceptors (Lipinski definition) is 4. The van der Waals surface area contributed by atoms with Crippen LogP contribution in [-0.2, 0) is 11.3 Å². The van der Waals surface area contributed by atoms with E-state index in [2.05, 4.69) is 15.5 Å². The molecule has 1 saturated heterocycles. The van der Waals surface area contributed by atoms with Gasteiger partial charge in [-0.1, -0.05) is 41.4 Å². The zero-order valence-corrected chi connectivity index (χ0v) is 20.3. The molecule has 1 aromatic heterocycles. The summed E-state index contributed by atoms with van der Waals surface area (Å²) in [6.45, 7) is 10.2. The molecule has 2 heterocycles. The van der Waals surface area contributed by atoms with Crippen molar-refractivity contribution in [2.75, 3.05) is 24.5 Å². The molecule has 0 bridgehead atoms. The van der Waals surface area contributed by atoms with Gasteiger partial charge in [0.2, 0.25) is 5.95 Å². The number of rotatable bonds is 3. The molecular formula is C24H28Cl2N4O2. The van der Waals surface area contributed by atoms with Crippen molar-refractivity contribution in [1.29, 1.82) is 0 Å². The number of hydrogen-bond donors (Lipinski definition) is 0. The average molecular weight is 475 g/mol. The van der Waals surface area contributed by atoms with Crippen LogP contribution in [0.5, 0.6) is 0 Å². The molecule has 0 radical (unpaired) electrons. The molecule has 1 aliphatic rings. The van der Waals surface area contributed by atoms with Gasteiger partial charge < -0.3 is 19.1 Å². The quantitative estimate of drug-likeness (QED) is 0.478. The SMILES string of the molecule is C[C@H]1CN(c2nc3ccccc3n2Cc2ccc(Cl)c(Cl)c2)CCN1C(=O)OC(C)(C)C. The van der Waals surface area contributed by atoms with Gasteiger partial charge >= 0.3 is 6.09 Å². The Labute approximate surface area is 198 Å². The van der Waals surface area contributed by atoms with Crippen molar-refractivity contribution in [2.45, 2.75) is 45.9 Å². The number of nitrogens with zero attached hydrogens (tertiary/aromatic N) is 4. The Morgan fingerprint density at radius 1 is 1.12 bits per heavy atom. The molecule has 8 heteroatoms. The predicted molar refractivity (Wildman–Crippen MR) is 130 cm³/mol. The summed E-state index contributed by atoms with van der Waals surface area (Å²) < 4.78 is 7.78. The van der Waals surface area contributed by atoms with E-state index >= 15 is 0 Å². The first-order valence-corrected chi connectivity index (χ1v) is 11.5. The first-order chi connectivity index (χ1) is 15.1. The van der Waals surface area contributed by atoms with Crippen molar-refractivity contribution in [2.24, 2.45) is 0 Å². The Hall–Kier alpha value is -2.44. The highest BCUT2D eigenvalue weighted by atomic mass is 35.5. The molecule has 3 aromatic rings. The monoisotopic (exact) mass is 474 g/mol. The van der Waals surface area contributed by atoms with Crippen LogP contribution in [0.1, 0.15) is 33.3 Å². The highest BCUT2D eigenvalue weighted by Crippen LogP contribution is 2.28. The number of amides is 1. The zero-order valence-electron chi connectivity index (χ0n) is 18.8. The van der Waals surface area contributed by atoms with Crippen LogP contribution in [0.25, 0.3) is 11.0 Å². The topological polar surface area (TPSA) is 50.6 Å². The lowest BCUT2D eigenvalue weighted by molar-refractivity contribution is 0.0158. The predicted octanol–water partition coefficient (Wildman–Crippen LogP) is 5.84. The molecule has 2 aromatic carbocycles. The Morgan fingerprint density at radius 2 is 1.88 bits per heavy atom. The third kappa shape index (κ3) is 4.81. The molecule has 0 saturated carbocycles. The van der Waals surface area contributed by atoms with E-state index in [0.29, 0.717) is 36.2 Å². The van der Waals surface area contributed by atoms with Gasteiger partial charge in [0.15, 0.2) is 0 Å². The molecule has 170 valence electrons. The van der Waals surface area contributed by atoms with Crippen LogP contribution >= 0.6 is 23.2 Å². The maximum absolute atomic E-state index is 12.6. The summed E-state index contributed by atoms with van der Waals surface area (Å²) >= 11 is 12.4. The van der Waals surface area contributed by atoms with Crippen LogP contribution in [0.2, 0.25) is 10.0 Å². The fraction of sp³-hybridized carbons (Fsp3) is 0.417. The summed E-state index contributed by atoms with van der Waals surface area (Å²) in [4.78, 5) is 21.6. The highest BCUT2D eigenvalue weighted by Gasteiger charge is 2.32. The lowest BCUT2D eigenvalue weighted by Gasteiger charge is -2.40. The second-order valence-corrected chi connectivity index (χ2v) is 10.0. The number of piperazine rings is 1. The molecule has 1 fully saturated rings. The Kier molecular flexibility index (Phi) is 6.28. The van der Waals surface area contributed by atoms with Crippen molar-refractivity contribution in [3.63, 3.8) is 0 Å². The van der Waals surface area contributed by atoms with E-state index in [1.165, 1.54) is 0 Å². The summed E-state index contributed by atoms with van der Waals surface area (Å²) in [6.07, 6.45) is -0.269. The van der Waals surface area contributed by atoms with Gasteiger partial charge in [0.1, 0.15) is 5.60 Å². The molecule has 6 nitrogen and oxygen atoms in total. The number of benzene rings is 2. The number of carbonyl (C=O) groups excluding carboxylic acids is 1. The van der Waals surface area contributed by atoms with E-state index in [9.17, 15) is 4.79 Å². The molecule has 0 aliphatic carbocycles. The van der Waals surface area contributed by atoms with E-state index in [4.69, 9.17) is 32.9 Å². The standard InChI is InChI=1S/C24H28Cl2N4O2/c1-16-14-28(11-12-29(16)23(31)32-24(2,3)4)22-27-20-7-5-6-8-21(20)30(22)15-17-9-10-18(25)19(26)13-17/h5-10,13,16H,11-12,14-15H2,1-4H3/t16-/m0/s1. The highest BCUT2D eigenvalue weighted by molar-refractivity contribution is 6.42. The molecule has 0 N–H and O–H groups in total. The van der Waals surface area contributed by atoms with Crippen molar-refractivity contribution in [3.05, 3.63) is 58.1 Å². The maximum Gasteiger partial charge on any atom is 0.410 e. The fourth-order valence-corrected chi connectivity index (χ4v) is 4.33. The molecular weight excluding hydrogens is 447 g/mol. The number of ether oxygens (including phenoxy) is 1. The van der Waals surface area contributed by atoms with Gasteiger partial charge in [0.05, 0.1) is 27.6 Å². The van der Waals surface area contributed by atoms with Gasteiger partial charge in [-0.05, 0) is 57.5 Å². The van der Waals surface area contributed by atoms with Gasteiger partial charge in [-0.15, -0.1) is 0 Å². The summed E-state index contributed by atoms with van der Waals surface area (Å²) in [5.41, 5.74) is 2.52. The average Bonchev–Trinajstić information content (AvgIpc) is 3.08. The van der Waals surface area contributed by atoms with E-state index in [0.717, 1.165) is 22.5 Å². The number of anilines is 1. The molecule has 0 spiro atoms. The normalized spacial score (nSPS) is 17.1. The van der Waals surface area contributed by atoms with E-state index in [-0.39, 0.29) is 12.1 Å². The van der Waals surface area contributed by atoms with Crippen LogP contribution in [-0.4, -0.2) is 51.8 Å². The zero-order chi connectivity index (χ0) is 23.0. The Bertz CT molecular complexity index is 1140. The van der Waals surface area contributed by atoms with Gasteiger partial charge in [-0.3, -0.25) is 0 Å². The summed E-state index contributed by atoms with van der Waals surface area (Å²) in [6, 6.07) is 13.8. The molecule has 1 aliphatic heterocycles. The number of carbonyl (C=O) groups is 1. The first kappa shape index (κ1) is 22.7. The minimum Gasteiger partial charge on any atom is -0.444 e. The third-order valence-corrected chi connectivity index (χ3v) is 6.24. The fourth-order valence-electron chi connectivity index (χ4n) is 4.01. The number of imidazole rings is 1. The molecule has 0 unspecified atom stereocenters. The van der Waals surface area contributed by atoms with Crippen LogP contribution < -0.4 is 4.90 Å². The number of halogens is 2. The van der Waals surface area contributed by atoms with Gasteiger partial charge in [0.25, 0.3) is 0 Å². The number of para-hydroxylation sites is 2. The van der Waals surface area contributed by atoms with Crippen LogP contribution in [0.4, 0.5) is 10.7 Å². The lowest BCUT2D eigenvalue weighted by atomic mass is 10.2. The van der Waals surface area contributed by atoms with Gasteiger partial charge in [-0.2, -0.15) is 0 Å². The van der Waals surface area contributed by atoms with Crippen LogP contribution in [0.3, 0.4) is 0 Å². The van der Waals surface area contributed by atoms with Gasteiger partial charge in [-0.25, -0.2) is 9.78 Å².